The van der Waals surface area contributed by atoms with E-state index in [0.717, 1.165) is 4.47 Å². The molecule has 0 bridgehead atoms. The number of hydrogen-bond donors (Lipinski definition) is 0. The van der Waals surface area contributed by atoms with E-state index in [1.54, 1.807) is 26.0 Å². The van der Waals surface area contributed by atoms with Gasteiger partial charge in [0.25, 0.3) is 0 Å². The zero-order valence-electron chi connectivity index (χ0n) is 11.6. The number of carbonyl (C=O) groups is 1. The second-order valence-corrected chi connectivity index (χ2v) is 6.35. The minimum atomic E-state index is -0.565. The summed E-state index contributed by atoms with van der Waals surface area (Å²) >= 11 is 21.8. The zero-order chi connectivity index (χ0) is 16.4. The third-order valence-corrected chi connectivity index (χ3v) is 4.08. The maximum absolute atomic E-state index is 11.9. The van der Waals surface area contributed by atoms with Crippen LogP contribution in [0.15, 0.2) is 16.6 Å². The average molecular weight is 425 g/mol. The lowest BCUT2D eigenvalue weighted by Crippen LogP contribution is -2.11. The normalized spacial score (nSPS) is 10.6. The monoisotopic (exact) mass is 422 g/mol. The Hall–Kier alpha value is -0.880. The Balaban J connectivity index is 2.59. The molecule has 0 N–H and O–H groups in total. The lowest BCUT2D eigenvalue weighted by molar-refractivity contribution is 0.0524. The van der Waals surface area contributed by atoms with E-state index >= 15 is 0 Å². The number of ether oxygens (including phenoxy) is 1. The summed E-state index contributed by atoms with van der Waals surface area (Å²) in [6, 6.07) is 3.35. The highest BCUT2D eigenvalue weighted by Crippen LogP contribution is 2.36. The van der Waals surface area contributed by atoms with Gasteiger partial charge in [-0.3, -0.25) is 0 Å². The van der Waals surface area contributed by atoms with Crippen LogP contribution in [0, 0.1) is 6.92 Å². The molecular weight excluding hydrogens is 414 g/mol. The van der Waals surface area contributed by atoms with Crippen molar-refractivity contribution in [1.29, 1.82) is 0 Å². The number of nitrogens with zero attached hydrogens (tertiary/aromatic N) is 2. The van der Waals surface area contributed by atoms with Crippen LogP contribution in [-0.2, 0) is 4.74 Å². The van der Waals surface area contributed by atoms with Crippen LogP contribution >= 0.6 is 50.7 Å². The van der Waals surface area contributed by atoms with Crippen LogP contribution in [0.4, 0.5) is 0 Å². The molecule has 0 atom stereocenters. The number of aryl methyl sites for hydroxylation is 1. The van der Waals surface area contributed by atoms with Crippen LogP contribution in [0.3, 0.4) is 0 Å². The number of aromatic nitrogens is 2. The largest absolute Gasteiger partial charge is 0.462 e. The number of hydrogen-bond acceptors (Lipinski definition) is 4. The summed E-state index contributed by atoms with van der Waals surface area (Å²) in [4.78, 5) is 20.3. The maximum atomic E-state index is 11.9. The molecule has 0 aliphatic carbocycles. The number of halogens is 4. The van der Waals surface area contributed by atoms with Gasteiger partial charge in [-0.2, -0.15) is 0 Å². The van der Waals surface area contributed by atoms with E-state index in [1.165, 1.54) is 0 Å². The Labute approximate surface area is 150 Å². The molecule has 116 valence electrons. The molecular formula is C14H10BrCl3N2O2. The number of rotatable bonds is 3. The van der Waals surface area contributed by atoms with E-state index in [1.807, 2.05) is 0 Å². The Morgan fingerprint density at radius 3 is 2.32 bits per heavy atom. The topological polar surface area (TPSA) is 52.1 Å². The van der Waals surface area contributed by atoms with Crippen LogP contribution in [-0.4, -0.2) is 22.5 Å². The van der Waals surface area contributed by atoms with Gasteiger partial charge in [0.15, 0.2) is 5.82 Å². The van der Waals surface area contributed by atoms with E-state index in [9.17, 15) is 4.79 Å². The van der Waals surface area contributed by atoms with Crippen molar-refractivity contribution in [1.82, 2.24) is 9.97 Å². The minimum Gasteiger partial charge on any atom is -0.462 e. The summed E-state index contributed by atoms with van der Waals surface area (Å²) in [5, 5.41) is 0.744. The maximum Gasteiger partial charge on any atom is 0.343 e. The van der Waals surface area contributed by atoms with Gasteiger partial charge in [0, 0.05) is 4.47 Å². The predicted molar refractivity (Wildman–Crippen MR) is 90.9 cm³/mol. The Morgan fingerprint density at radius 1 is 1.23 bits per heavy atom. The van der Waals surface area contributed by atoms with Gasteiger partial charge in [0.05, 0.1) is 27.9 Å². The molecule has 0 aliphatic rings. The number of benzene rings is 1. The van der Waals surface area contributed by atoms with Crippen molar-refractivity contribution < 1.29 is 9.53 Å². The number of carbonyl (C=O) groups excluding carboxylic acids is 1. The molecule has 1 aromatic carbocycles. The first-order chi connectivity index (χ1) is 10.3. The highest BCUT2D eigenvalue weighted by atomic mass is 79.9. The first-order valence-corrected chi connectivity index (χ1v) is 8.14. The molecule has 22 heavy (non-hydrogen) atoms. The van der Waals surface area contributed by atoms with Gasteiger partial charge in [0.2, 0.25) is 0 Å². The van der Waals surface area contributed by atoms with Crippen molar-refractivity contribution in [3.8, 4) is 11.4 Å². The molecule has 8 heteroatoms. The first-order valence-electron chi connectivity index (χ1n) is 6.21. The Morgan fingerprint density at radius 2 is 1.82 bits per heavy atom. The standard InChI is InChI=1S/C14H10BrCl3N2O2/c1-3-22-14(21)10-6(2)19-13(20-12(10)18)11-8(16)4-7(15)5-9(11)17/h4-5H,3H2,1-2H3. The smallest absolute Gasteiger partial charge is 0.343 e. The first kappa shape index (κ1) is 17.5. The highest BCUT2D eigenvalue weighted by Gasteiger charge is 2.21. The minimum absolute atomic E-state index is 0.00370. The summed E-state index contributed by atoms with van der Waals surface area (Å²) in [5.74, 6) is -0.317. The van der Waals surface area contributed by atoms with Crippen molar-refractivity contribution in [2.45, 2.75) is 13.8 Å². The predicted octanol–water partition coefficient (Wildman–Crippen LogP) is 5.35. The lowest BCUT2D eigenvalue weighted by atomic mass is 10.2. The molecule has 0 unspecified atom stereocenters. The molecule has 2 aromatic rings. The lowest BCUT2D eigenvalue weighted by Gasteiger charge is -2.11. The van der Waals surface area contributed by atoms with Crippen molar-refractivity contribution in [2.75, 3.05) is 6.61 Å². The van der Waals surface area contributed by atoms with Crippen molar-refractivity contribution in [3.05, 3.63) is 43.1 Å². The summed E-state index contributed by atoms with van der Waals surface area (Å²) in [6.45, 7) is 3.59. The van der Waals surface area contributed by atoms with Crippen molar-refractivity contribution in [3.63, 3.8) is 0 Å². The Kier molecular flexibility index (Phi) is 5.66. The van der Waals surface area contributed by atoms with Crippen LogP contribution in [0.5, 0.6) is 0 Å². The molecule has 2 rings (SSSR count). The molecule has 0 saturated heterocycles. The van der Waals surface area contributed by atoms with Gasteiger partial charge >= 0.3 is 5.97 Å². The van der Waals surface area contributed by atoms with Gasteiger partial charge in [-0.15, -0.1) is 0 Å². The second-order valence-electron chi connectivity index (χ2n) is 4.26. The third kappa shape index (κ3) is 3.54. The van der Waals surface area contributed by atoms with Crippen LogP contribution < -0.4 is 0 Å². The van der Waals surface area contributed by atoms with Gasteiger partial charge in [-0.1, -0.05) is 50.7 Å². The van der Waals surface area contributed by atoms with Gasteiger partial charge in [0.1, 0.15) is 10.7 Å². The summed E-state index contributed by atoms with van der Waals surface area (Å²) < 4.78 is 5.67. The summed E-state index contributed by atoms with van der Waals surface area (Å²) in [7, 11) is 0. The fourth-order valence-corrected chi connectivity index (χ4v) is 3.51. The fourth-order valence-electron chi connectivity index (χ4n) is 1.84. The zero-order valence-corrected chi connectivity index (χ0v) is 15.4. The fraction of sp³-hybridized carbons (Fsp3) is 0.214. The van der Waals surface area contributed by atoms with Crippen LogP contribution in [0.25, 0.3) is 11.4 Å². The molecule has 1 aromatic heterocycles. The van der Waals surface area contributed by atoms with Crippen molar-refractivity contribution >= 4 is 56.7 Å². The quantitative estimate of drug-likeness (QED) is 0.492. The van der Waals surface area contributed by atoms with Crippen LogP contribution in [0.2, 0.25) is 15.2 Å². The highest BCUT2D eigenvalue weighted by molar-refractivity contribution is 9.10. The molecule has 1 heterocycles. The van der Waals surface area contributed by atoms with Crippen molar-refractivity contribution in [2.24, 2.45) is 0 Å². The SMILES string of the molecule is CCOC(=O)c1c(C)nc(-c2c(Cl)cc(Br)cc2Cl)nc1Cl. The second kappa shape index (κ2) is 7.13. The van der Waals surface area contributed by atoms with E-state index in [-0.39, 0.29) is 23.1 Å². The molecule has 0 amide bonds. The molecule has 0 aliphatic heterocycles. The molecule has 0 fully saturated rings. The molecule has 0 radical (unpaired) electrons. The van der Waals surface area contributed by atoms with Gasteiger partial charge in [-0.05, 0) is 26.0 Å². The van der Waals surface area contributed by atoms with E-state index in [0.29, 0.717) is 21.3 Å². The molecule has 0 spiro atoms. The average Bonchev–Trinajstić information content (AvgIpc) is 2.36. The van der Waals surface area contributed by atoms with Gasteiger partial charge in [-0.25, -0.2) is 14.8 Å². The number of esters is 1. The van der Waals surface area contributed by atoms with Gasteiger partial charge < -0.3 is 4.74 Å². The summed E-state index contributed by atoms with van der Waals surface area (Å²) in [5.41, 5.74) is 0.979. The Bertz CT molecular complexity index is 707. The third-order valence-electron chi connectivity index (χ3n) is 2.76. The molecule has 4 nitrogen and oxygen atoms in total. The summed E-state index contributed by atoms with van der Waals surface area (Å²) in [6.07, 6.45) is 0. The van der Waals surface area contributed by atoms with E-state index < -0.39 is 5.97 Å². The van der Waals surface area contributed by atoms with Crippen LogP contribution in [0.1, 0.15) is 23.0 Å². The van der Waals surface area contributed by atoms with E-state index in [2.05, 4.69) is 25.9 Å². The molecule has 0 saturated carbocycles. The van der Waals surface area contributed by atoms with E-state index in [4.69, 9.17) is 39.5 Å².